The minimum absolute atomic E-state index is 0.0618. The van der Waals surface area contributed by atoms with E-state index in [2.05, 4.69) is 0 Å². The predicted molar refractivity (Wildman–Crippen MR) is 88.5 cm³/mol. The molecule has 0 aliphatic rings. The summed E-state index contributed by atoms with van der Waals surface area (Å²) in [5.74, 6) is -0.117. The van der Waals surface area contributed by atoms with E-state index in [1.807, 2.05) is 60.7 Å². The molecule has 0 N–H and O–H groups in total. The minimum Gasteiger partial charge on any atom is -0.492 e. The summed E-state index contributed by atoms with van der Waals surface area (Å²) in [7, 11) is 2.92. The first kappa shape index (κ1) is 16.6. The molecule has 0 fully saturated rings. The highest BCUT2D eigenvalue weighted by atomic mass is 16.6. The lowest BCUT2D eigenvalue weighted by Gasteiger charge is -2.13. The van der Waals surface area contributed by atoms with Crippen molar-refractivity contribution in [1.82, 2.24) is 0 Å². The monoisotopic (exact) mass is 312 g/mol. The molecule has 0 spiro atoms. The summed E-state index contributed by atoms with van der Waals surface area (Å²) in [4.78, 5) is 12.3. The van der Waals surface area contributed by atoms with Gasteiger partial charge >= 0.3 is 5.97 Å². The van der Waals surface area contributed by atoms with Crippen molar-refractivity contribution in [3.63, 3.8) is 0 Å². The molecule has 0 aliphatic heterocycles. The van der Waals surface area contributed by atoms with Crippen molar-refractivity contribution >= 4 is 11.7 Å². The van der Waals surface area contributed by atoms with Gasteiger partial charge in [-0.2, -0.15) is 0 Å². The number of hydrogen-bond donors (Lipinski definition) is 0. The zero-order valence-electron chi connectivity index (χ0n) is 13.3. The minimum atomic E-state index is -0.538. The van der Waals surface area contributed by atoms with Crippen molar-refractivity contribution in [2.45, 2.75) is 6.42 Å². The van der Waals surface area contributed by atoms with Gasteiger partial charge in [0.1, 0.15) is 0 Å². The molecule has 0 amide bonds. The highest BCUT2D eigenvalue weighted by Crippen LogP contribution is 2.21. The van der Waals surface area contributed by atoms with Crippen LogP contribution in [0.5, 0.6) is 0 Å². The molecule has 23 heavy (non-hydrogen) atoms. The van der Waals surface area contributed by atoms with Gasteiger partial charge in [0.15, 0.2) is 5.76 Å². The van der Waals surface area contributed by atoms with Gasteiger partial charge in [0, 0.05) is 12.0 Å². The maximum Gasteiger partial charge on any atom is 0.377 e. The summed E-state index contributed by atoms with van der Waals surface area (Å²) in [6, 6.07) is 19.1. The average Bonchev–Trinajstić information content (AvgIpc) is 2.61. The van der Waals surface area contributed by atoms with Gasteiger partial charge in [0.2, 0.25) is 5.76 Å². The maximum absolute atomic E-state index is 12.3. The van der Waals surface area contributed by atoms with Gasteiger partial charge in [0.05, 0.1) is 20.8 Å². The molecular formula is C19H20O4. The van der Waals surface area contributed by atoms with E-state index < -0.39 is 5.97 Å². The first-order valence-corrected chi connectivity index (χ1v) is 7.35. The molecule has 0 heterocycles. The molecule has 2 rings (SSSR count). The Morgan fingerprint density at radius 2 is 1.48 bits per heavy atom. The van der Waals surface area contributed by atoms with Crippen molar-refractivity contribution in [2.24, 2.45) is 0 Å². The number of methoxy groups -OCH3 is 2. The van der Waals surface area contributed by atoms with Crippen molar-refractivity contribution in [2.75, 3.05) is 20.8 Å². The Kier molecular flexibility index (Phi) is 6.24. The standard InChI is InChI=1S/C19H20O4/c1-21-17(16-11-7-4-8-12-16)18(22-2)19(20)23-14-13-15-9-5-3-6-10-15/h3-12H,13-14H2,1-2H3. The number of ether oxygens (including phenoxy) is 3. The molecular weight excluding hydrogens is 292 g/mol. The van der Waals surface area contributed by atoms with Crippen molar-refractivity contribution < 1.29 is 19.0 Å². The van der Waals surface area contributed by atoms with Crippen LogP contribution in [0.1, 0.15) is 11.1 Å². The molecule has 4 nitrogen and oxygen atoms in total. The van der Waals surface area contributed by atoms with Crippen LogP contribution in [0.3, 0.4) is 0 Å². The van der Waals surface area contributed by atoms with Crippen molar-refractivity contribution in [1.29, 1.82) is 0 Å². The number of carbonyl (C=O) groups excluding carboxylic acids is 1. The lowest BCUT2D eigenvalue weighted by atomic mass is 10.1. The molecule has 0 atom stereocenters. The first-order chi connectivity index (χ1) is 11.3. The fourth-order valence-corrected chi connectivity index (χ4v) is 2.17. The third-order valence-corrected chi connectivity index (χ3v) is 3.30. The van der Waals surface area contributed by atoms with E-state index in [-0.39, 0.29) is 12.4 Å². The van der Waals surface area contributed by atoms with Crippen LogP contribution in [0, 0.1) is 0 Å². The van der Waals surface area contributed by atoms with E-state index in [4.69, 9.17) is 14.2 Å². The molecule has 0 saturated carbocycles. The van der Waals surface area contributed by atoms with E-state index in [1.165, 1.54) is 14.2 Å². The summed E-state index contributed by atoms with van der Waals surface area (Å²) in [5, 5.41) is 0. The van der Waals surface area contributed by atoms with Gasteiger partial charge in [-0.25, -0.2) is 4.79 Å². The van der Waals surface area contributed by atoms with Crippen LogP contribution < -0.4 is 0 Å². The molecule has 4 heteroatoms. The molecule has 0 aromatic heterocycles. The molecule has 2 aromatic carbocycles. The maximum atomic E-state index is 12.3. The van der Waals surface area contributed by atoms with E-state index in [0.717, 1.165) is 11.1 Å². The van der Waals surface area contributed by atoms with Crippen molar-refractivity contribution in [3.05, 3.63) is 77.5 Å². The fourth-order valence-electron chi connectivity index (χ4n) is 2.17. The largest absolute Gasteiger partial charge is 0.492 e. The van der Waals surface area contributed by atoms with Gasteiger partial charge in [-0.15, -0.1) is 0 Å². The van der Waals surface area contributed by atoms with Gasteiger partial charge in [-0.05, 0) is 5.56 Å². The summed E-state index contributed by atoms with van der Waals surface area (Å²) < 4.78 is 15.8. The zero-order valence-corrected chi connectivity index (χ0v) is 13.3. The molecule has 0 saturated heterocycles. The summed E-state index contributed by atoms with van der Waals surface area (Å²) >= 11 is 0. The molecule has 0 bridgehead atoms. The second-order valence-electron chi connectivity index (χ2n) is 4.80. The molecule has 0 aliphatic carbocycles. The zero-order chi connectivity index (χ0) is 16.5. The van der Waals surface area contributed by atoms with Crippen LogP contribution >= 0.6 is 0 Å². The number of carbonyl (C=O) groups is 1. The topological polar surface area (TPSA) is 44.8 Å². The summed E-state index contributed by atoms with van der Waals surface area (Å²) in [6.45, 7) is 0.279. The van der Waals surface area contributed by atoms with E-state index in [9.17, 15) is 4.79 Å². The second kappa shape index (κ2) is 8.63. The molecule has 120 valence electrons. The van der Waals surface area contributed by atoms with Crippen molar-refractivity contribution in [3.8, 4) is 0 Å². The quantitative estimate of drug-likeness (QED) is 0.446. The highest BCUT2D eigenvalue weighted by Gasteiger charge is 2.20. The van der Waals surface area contributed by atoms with E-state index >= 15 is 0 Å². The van der Waals surface area contributed by atoms with Crippen LogP contribution in [-0.4, -0.2) is 26.8 Å². The Morgan fingerprint density at radius 3 is 2.04 bits per heavy atom. The van der Waals surface area contributed by atoms with Gasteiger partial charge in [-0.1, -0.05) is 60.7 Å². The number of benzene rings is 2. The van der Waals surface area contributed by atoms with Crippen LogP contribution in [-0.2, 0) is 25.4 Å². The van der Waals surface area contributed by atoms with Crippen LogP contribution in [0.15, 0.2) is 66.4 Å². The SMILES string of the molecule is COC(C(=O)OCCc1ccccc1)=C(OC)c1ccccc1. The Labute approximate surface area is 136 Å². The average molecular weight is 312 g/mol. The normalized spacial score (nSPS) is 11.4. The van der Waals surface area contributed by atoms with Crippen LogP contribution in [0.25, 0.3) is 5.76 Å². The lowest BCUT2D eigenvalue weighted by molar-refractivity contribution is -0.142. The number of esters is 1. The van der Waals surface area contributed by atoms with Crippen LogP contribution in [0.2, 0.25) is 0 Å². The Balaban J connectivity index is 2.06. The van der Waals surface area contributed by atoms with Gasteiger partial charge in [-0.3, -0.25) is 0 Å². The highest BCUT2D eigenvalue weighted by molar-refractivity contribution is 5.94. The lowest BCUT2D eigenvalue weighted by Crippen LogP contribution is -2.14. The Morgan fingerprint density at radius 1 is 0.870 bits per heavy atom. The molecule has 2 aromatic rings. The summed E-state index contributed by atoms with van der Waals surface area (Å²) in [6.07, 6.45) is 0.650. The summed E-state index contributed by atoms with van der Waals surface area (Å²) in [5.41, 5.74) is 1.87. The fraction of sp³-hybridized carbons (Fsp3) is 0.211. The Bertz CT molecular complexity index is 648. The van der Waals surface area contributed by atoms with Gasteiger partial charge < -0.3 is 14.2 Å². The smallest absolute Gasteiger partial charge is 0.377 e. The van der Waals surface area contributed by atoms with Gasteiger partial charge in [0.25, 0.3) is 0 Å². The number of rotatable bonds is 7. The molecule has 0 radical (unpaired) electrons. The Hall–Kier alpha value is -2.75. The second-order valence-corrected chi connectivity index (χ2v) is 4.80. The third kappa shape index (κ3) is 4.61. The predicted octanol–water partition coefficient (Wildman–Crippen LogP) is 3.43. The number of hydrogen-bond acceptors (Lipinski definition) is 4. The van der Waals surface area contributed by atoms with E-state index in [0.29, 0.717) is 12.2 Å². The third-order valence-electron chi connectivity index (χ3n) is 3.30. The van der Waals surface area contributed by atoms with E-state index in [1.54, 1.807) is 0 Å². The molecule has 0 unspecified atom stereocenters. The first-order valence-electron chi connectivity index (χ1n) is 7.35. The van der Waals surface area contributed by atoms with Crippen LogP contribution in [0.4, 0.5) is 0 Å².